The van der Waals surface area contributed by atoms with Crippen molar-refractivity contribution in [3.63, 3.8) is 0 Å². The number of aromatic nitrogens is 1. The van der Waals surface area contributed by atoms with Crippen molar-refractivity contribution in [2.75, 3.05) is 10.6 Å². The standard InChI is InChI=1S/C22H17N3O2S/c1-14-11-12-18-19(13-14)28-22(24-18)25-21(27)16-9-5-6-10-17(16)23-20(26)15-7-3-2-4-8-15/h2-13H,1H3,(H,23,26)(H,24,25,27). The number of hydrogen-bond acceptors (Lipinski definition) is 4. The molecule has 28 heavy (non-hydrogen) atoms. The second kappa shape index (κ2) is 7.62. The van der Waals surface area contributed by atoms with Crippen LogP contribution in [0.5, 0.6) is 0 Å². The molecule has 0 saturated carbocycles. The number of hydrogen-bond donors (Lipinski definition) is 2. The van der Waals surface area contributed by atoms with Crippen molar-refractivity contribution in [3.05, 3.63) is 89.5 Å². The topological polar surface area (TPSA) is 71.1 Å². The Labute approximate surface area is 166 Å². The number of fused-ring (bicyclic) bond motifs is 1. The maximum atomic E-state index is 12.8. The van der Waals surface area contributed by atoms with Crippen LogP contribution in [-0.2, 0) is 0 Å². The first-order valence-corrected chi connectivity index (χ1v) is 9.56. The van der Waals surface area contributed by atoms with Gasteiger partial charge in [-0.05, 0) is 48.9 Å². The Balaban J connectivity index is 1.56. The molecule has 0 aliphatic rings. The minimum Gasteiger partial charge on any atom is -0.321 e. The number of nitrogens with zero attached hydrogens (tertiary/aromatic N) is 1. The van der Waals surface area contributed by atoms with Gasteiger partial charge in [0.1, 0.15) is 0 Å². The van der Waals surface area contributed by atoms with Gasteiger partial charge in [0.15, 0.2) is 5.13 Å². The molecular weight excluding hydrogens is 370 g/mol. The Bertz CT molecular complexity index is 1170. The highest BCUT2D eigenvalue weighted by atomic mass is 32.1. The van der Waals surface area contributed by atoms with E-state index in [1.807, 2.05) is 31.2 Å². The Morgan fingerprint density at radius 2 is 1.61 bits per heavy atom. The van der Waals surface area contributed by atoms with Crippen LogP contribution in [0.1, 0.15) is 26.3 Å². The summed E-state index contributed by atoms with van der Waals surface area (Å²) in [4.78, 5) is 29.7. The van der Waals surface area contributed by atoms with E-state index in [4.69, 9.17) is 0 Å². The average molecular weight is 387 g/mol. The van der Waals surface area contributed by atoms with Gasteiger partial charge in [-0.1, -0.05) is 47.7 Å². The largest absolute Gasteiger partial charge is 0.321 e. The molecule has 0 aliphatic heterocycles. The van der Waals surface area contributed by atoms with Crippen LogP contribution in [0.2, 0.25) is 0 Å². The summed E-state index contributed by atoms with van der Waals surface area (Å²) >= 11 is 1.42. The number of anilines is 2. The molecular formula is C22H17N3O2S. The van der Waals surface area contributed by atoms with Crippen LogP contribution in [-0.4, -0.2) is 16.8 Å². The molecule has 0 spiro atoms. The summed E-state index contributed by atoms with van der Waals surface area (Å²) in [6.45, 7) is 2.02. The number of amides is 2. The van der Waals surface area contributed by atoms with Gasteiger partial charge >= 0.3 is 0 Å². The molecule has 0 atom stereocenters. The van der Waals surface area contributed by atoms with E-state index < -0.39 is 0 Å². The lowest BCUT2D eigenvalue weighted by atomic mass is 10.1. The highest BCUT2D eigenvalue weighted by Gasteiger charge is 2.15. The molecule has 138 valence electrons. The predicted molar refractivity (Wildman–Crippen MR) is 113 cm³/mol. The van der Waals surface area contributed by atoms with Gasteiger partial charge in [0.25, 0.3) is 11.8 Å². The highest BCUT2D eigenvalue weighted by molar-refractivity contribution is 7.22. The number of thiazole rings is 1. The van der Waals surface area contributed by atoms with E-state index in [9.17, 15) is 9.59 Å². The maximum Gasteiger partial charge on any atom is 0.259 e. The number of nitrogens with one attached hydrogen (secondary N) is 2. The van der Waals surface area contributed by atoms with E-state index in [2.05, 4.69) is 15.6 Å². The van der Waals surface area contributed by atoms with Crippen LogP contribution in [0.15, 0.2) is 72.8 Å². The molecule has 3 aromatic carbocycles. The van der Waals surface area contributed by atoms with Crippen LogP contribution in [0.4, 0.5) is 10.8 Å². The molecule has 0 bridgehead atoms. The van der Waals surface area contributed by atoms with Gasteiger partial charge < -0.3 is 5.32 Å². The van der Waals surface area contributed by atoms with Crippen LogP contribution >= 0.6 is 11.3 Å². The minimum absolute atomic E-state index is 0.267. The monoisotopic (exact) mass is 387 g/mol. The van der Waals surface area contributed by atoms with Crippen LogP contribution < -0.4 is 10.6 Å². The molecule has 6 heteroatoms. The Morgan fingerprint density at radius 1 is 0.857 bits per heavy atom. The van der Waals surface area contributed by atoms with Gasteiger partial charge in [0, 0.05) is 5.56 Å². The number of carbonyl (C=O) groups is 2. The lowest BCUT2D eigenvalue weighted by Crippen LogP contribution is -2.18. The second-order valence-corrected chi connectivity index (χ2v) is 7.34. The van der Waals surface area contributed by atoms with Crippen LogP contribution in [0.3, 0.4) is 0 Å². The van der Waals surface area contributed by atoms with Crippen molar-refractivity contribution in [2.24, 2.45) is 0 Å². The third-order valence-corrected chi connectivity index (χ3v) is 5.15. The van der Waals surface area contributed by atoms with E-state index in [1.54, 1.807) is 48.5 Å². The molecule has 4 aromatic rings. The van der Waals surface area contributed by atoms with Crippen molar-refractivity contribution in [3.8, 4) is 0 Å². The predicted octanol–water partition coefficient (Wildman–Crippen LogP) is 5.11. The first-order chi connectivity index (χ1) is 13.6. The molecule has 2 amide bonds. The van der Waals surface area contributed by atoms with E-state index in [0.717, 1.165) is 15.8 Å². The molecule has 0 aliphatic carbocycles. The molecule has 5 nitrogen and oxygen atoms in total. The maximum absolute atomic E-state index is 12.8. The fraction of sp³-hybridized carbons (Fsp3) is 0.0455. The van der Waals surface area contributed by atoms with Crippen molar-refractivity contribution >= 4 is 44.2 Å². The zero-order chi connectivity index (χ0) is 19.5. The van der Waals surface area contributed by atoms with E-state index in [0.29, 0.717) is 21.9 Å². The number of benzene rings is 3. The number of rotatable bonds is 4. The summed E-state index contributed by atoms with van der Waals surface area (Å²) in [5, 5.41) is 6.17. The van der Waals surface area contributed by atoms with Crippen molar-refractivity contribution in [2.45, 2.75) is 6.92 Å². The highest BCUT2D eigenvalue weighted by Crippen LogP contribution is 2.27. The molecule has 4 rings (SSSR count). The Morgan fingerprint density at radius 3 is 2.43 bits per heavy atom. The average Bonchev–Trinajstić information content (AvgIpc) is 3.10. The summed E-state index contributed by atoms with van der Waals surface area (Å²) in [5.41, 5.74) is 3.34. The molecule has 0 unspecified atom stereocenters. The van der Waals surface area contributed by atoms with Crippen molar-refractivity contribution < 1.29 is 9.59 Å². The van der Waals surface area contributed by atoms with Gasteiger partial charge in [-0.25, -0.2) is 4.98 Å². The van der Waals surface area contributed by atoms with Crippen molar-refractivity contribution in [1.29, 1.82) is 0 Å². The molecule has 0 radical (unpaired) electrons. The first-order valence-electron chi connectivity index (χ1n) is 8.74. The zero-order valence-corrected chi connectivity index (χ0v) is 15.9. The summed E-state index contributed by atoms with van der Waals surface area (Å²) in [6, 6.07) is 21.8. The number of para-hydroxylation sites is 1. The fourth-order valence-corrected chi connectivity index (χ4v) is 3.78. The summed E-state index contributed by atoms with van der Waals surface area (Å²) < 4.78 is 1.01. The third kappa shape index (κ3) is 3.77. The van der Waals surface area contributed by atoms with Gasteiger partial charge in [-0.15, -0.1) is 0 Å². The smallest absolute Gasteiger partial charge is 0.259 e. The van der Waals surface area contributed by atoms with Gasteiger partial charge in [-0.3, -0.25) is 14.9 Å². The normalized spacial score (nSPS) is 10.6. The number of aryl methyl sites for hydroxylation is 1. The quantitative estimate of drug-likeness (QED) is 0.511. The molecule has 0 fully saturated rings. The van der Waals surface area contributed by atoms with Crippen LogP contribution in [0, 0.1) is 6.92 Å². The van der Waals surface area contributed by atoms with Crippen LogP contribution in [0.25, 0.3) is 10.2 Å². The lowest BCUT2D eigenvalue weighted by Gasteiger charge is -2.10. The first kappa shape index (κ1) is 17.9. The van der Waals surface area contributed by atoms with Gasteiger partial charge in [-0.2, -0.15) is 0 Å². The lowest BCUT2D eigenvalue weighted by molar-refractivity contribution is 0.102. The number of carbonyl (C=O) groups excluding carboxylic acids is 2. The minimum atomic E-state index is -0.320. The van der Waals surface area contributed by atoms with Gasteiger partial charge in [0.05, 0.1) is 21.5 Å². The van der Waals surface area contributed by atoms with E-state index in [-0.39, 0.29) is 11.8 Å². The Hall–Kier alpha value is -3.51. The second-order valence-electron chi connectivity index (χ2n) is 6.31. The summed E-state index contributed by atoms with van der Waals surface area (Å²) in [6.07, 6.45) is 0. The molecule has 1 heterocycles. The third-order valence-electron chi connectivity index (χ3n) is 4.22. The summed E-state index contributed by atoms with van der Waals surface area (Å²) in [7, 11) is 0. The van der Waals surface area contributed by atoms with Gasteiger partial charge in [0.2, 0.25) is 0 Å². The molecule has 0 saturated heterocycles. The molecule has 2 N–H and O–H groups in total. The van der Waals surface area contributed by atoms with E-state index >= 15 is 0 Å². The van der Waals surface area contributed by atoms with Crippen molar-refractivity contribution in [1.82, 2.24) is 4.98 Å². The fourth-order valence-electron chi connectivity index (χ4n) is 2.82. The summed E-state index contributed by atoms with van der Waals surface area (Å²) in [5.74, 6) is -0.587. The molecule has 1 aromatic heterocycles. The Kier molecular flexibility index (Phi) is 4.87. The SMILES string of the molecule is Cc1ccc2nc(NC(=O)c3ccccc3NC(=O)c3ccccc3)sc2c1. The van der Waals surface area contributed by atoms with E-state index in [1.165, 1.54) is 11.3 Å². The zero-order valence-electron chi connectivity index (χ0n) is 15.1.